The van der Waals surface area contributed by atoms with E-state index in [4.69, 9.17) is 9.47 Å². The molecule has 18 heavy (non-hydrogen) atoms. The van der Waals surface area contributed by atoms with Gasteiger partial charge in [0.2, 0.25) is 6.29 Å². The van der Waals surface area contributed by atoms with E-state index in [1.807, 2.05) is 12.1 Å². The highest BCUT2D eigenvalue weighted by molar-refractivity contribution is 5.16. The van der Waals surface area contributed by atoms with E-state index in [2.05, 4.69) is 15.0 Å². The molecule has 2 rings (SSSR count). The van der Waals surface area contributed by atoms with Crippen molar-refractivity contribution in [2.24, 2.45) is 0 Å². The summed E-state index contributed by atoms with van der Waals surface area (Å²) in [7, 11) is 3.16. The maximum absolute atomic E-state index is 5.17. The molecule has 2 heterocycles. The summed E-state index contributed by atoms with van der Waals surface area (Å²) in [5, 5.41) is 0. The molecule has 0 atom stereocenters. The fourth-order valence-corrected chi connectivity index (χ4v) is 1.65. The summed E-state index contributed by atoms with van der Waals surface area (Å²) in [6.45, 7) is 0. The molecule has 5 nitrogen and oxygen atoms in total. The summed E-state index contributed by atoms with van der Waals surface area (Å²) in [6, 6.07) is 5.67. The predicted molar refractivity (Wildman–Crippen MR) is 65.8 cm³/mol. The normalized spacial score (nSPS) is 10.8. The Labute approximate surface area is 106 Å². The molecule has 0 saturated carbocycles. The number of pyridine rings is 1. The molecule has 0 radical (unpaired) electrons. The van der Waals surface area contributed by atoms with Gasteiger partial charge in [-0.25, -0.2) is 9.97 Å². The molecule has 0 aromatic carbocycles. The van der Waals surface area contributed by atoms with Crippen LogP contribution in [0.25, 0.3) is 0 Å². The van der Waals surface area contributed by atoms with Crippen LogP contribution in [0.3, 0.4) is 0 Å². The summed E-state index contributed by atoms with van der Waals surface area (Å²) >= 11 is 0. The molecule has 0 unspecified atom stereocenters. The molecule has 0 bridgehead atoms. The number of nitrogens with zero attached hydrogens (tertiary/aromatic N) is 3. The minimum Gasteiger partial charge on any atom is -0.350 e. The Hall–Kier alpha value is -1.85. The lowest BCUT2D eigenvalue weighted by Crippen LogP contribution is -2.08. The average molecular weight is 245 g/mol. The van der Waals surface area contributed by atoms with E-state index in [1.165, 1.54) is 0 Å². The number of ether oxygens (including phenoxy) is 2. The summed E-state index contributed by atoms with van der Waals surface area (Å²) in [6.07, 6.45) is 5.43. The van der Waals surface area contributed by atoms with Gasteiger partial charge in [-0.2, -0.15) is 0 Å². The SMILES string of the molecule is COC(OC)c1ccnc(Cc2ccncc2)n1. The van der Waals surface area contributed by atoms with Gasteiger partial charge in [0.1, 0.15) is 5.82 Å². The van der Waals surface area contributed by atoms with E-state index in [1.54, 1.807) is 38.9 Å². The monoisotopic (exact) mass is 245 g/mol. The van der Waals surface area contributed by atoms with Crippen molar-refractivity contribution in [2.75, 3.05) is 14.2 Å². The Bertz CT molecular complexity index is 487. The Morgan fingerprint density at radius 2 is 1.78 bits per heavy atom. The number of hydrogen-bond acceptors (Lipinski definition) is 5. The fraction of sp³-hybridized carbons (Fsp3) is 0.308. The zero-order valence-electron chi connectivity index (χ0n) is 10.4. The summed E-state index contributed by atoms with van der Waals surface area (Å²) in [5.74, 6) is 0.734. The lowest BCUT2D eigenvalue weighted by Gasteiger charge is -2.12. The smallest absolute Gasteiger partial charge is 0.200 e. The molecule has 0 aliphatic rings. The molecule has 5 heteroatoms. The van der Waals surface area contributed by atoms with E-state index in [0.29, 0.717) is 6.42 Å². The summed E-state index contributed by atoms with van der Waals surface area (Å²) in [4.78, 5) is 12.7. The zero-order chi connectivity index (χ0) is 12.8. The first-order chi connectivity index (χ1) is 8.83. The summed E-state index contributed by atoms with van der Waals surface area (Å²) < 4.78 is 10.3. The lowest BCUT2D eigenvalue weighted by atomic mass is 10.2. The molecule has 94 valence electrons. The van der Waals surface area contributed by atoms with Crippen molar-refractivity contribution in [3.05, 3.63) is 53.9 Å². The number of hydrogen-bond donors (Lipinski definition) is 0. The minimum atomic E-state index is -0.454. The van der Waals surface area contributed by atoms with Crippen molar-refractivity contribution in [3.63, 3.8) is 0 Å². The Morgan fingerprint density at radius 1 is 1.06 bits per heavy atom. The number of rotatable bonds is 5. The van der Waals surface area contributed by atoms with E-state index < -0.39 is 6.29 Å². The highest BCUT2D eigenvalue weighted by atomic mass is 16.7. The lowest BCUT2D eigenvalue weighted by molar-refractivity contribution is -0.108. The molecule has 2 aromatic rings. The average Bonchev–Trinajstić information content (AvgIpc) is 2.42. The molecular formula is C13H15N3O2. The number of methoxy groups -OCH3 is 2. The minimum absolute atomic E-state index is 0.454. The van der Waals surface area contributed by atoms with Gasteiger partial charge in [-0.3, -0.25) is 4.98 Å². The van der Waals surface area contributed by atoms with Crippen LogP contribution in [-0.4, -0.2) is 29.2 Å². The molecule has 0 spiro atoms. The maximum Gasteiger partial charge on any atom is 0.200 e. The first-order valence-electron chi connectivity index (χ1n) is 5.60. The van der Waals surface area contributed by atoms with Crippen molar-refractivity contribution >= 4 is 0 Å². The van der Waals surface area contributed by atoms with Crippen LogP contribution in [-0.2, 0) is 15.9 Å². The number of aromatic nitrogens is 3. The van der Waals surface area contributed by atoms with Crippen LogP contribution in [0.2, 0.25) is 0 Å². The van der Waals surface area contributed by atoms with Crippen LogP contribution in [0.4, 0.5) is 0 Å². The Kier molecular flexibility index (Phi) is 4.33. The van der Waals surface area contributed by atoms with Gasteiger partial charge in [-0.15, -0.1) is 0 Å². The first-order valence-corrected chi connectivity index (χ1v) is 5.60. The zero-order valence-corrected chi connectivity index (χ0v) is 10.4. The van der Waals surface area contributed by atoms with Crippen molar-refractivity contribution in [2.45, 2.75) is 12.7 Å². The molecule has 0 saturated heterocycles. The van der Waals surface area contributed by atoms with Gasteiger partial charge in [0.25, 0.3) is 0 Å². The first kappa shape index (κ1) is 12.6. The van der Waals surface area contributed by atoms with Gasteiger partial charge in [-0.05, 0) is 23.8 Å². The molecular weight excluding hydrogens is 230 g/mol. The van der Waals surface area contributed by atoms with Crippen LogP contribution in [0.15, 0.2) is 36.8 Å². The Balaban J connectivity index is 2.17. The summed E-state index contributed by atoms with van der Waals surface area (Å²) in [5.41, 5.74) is 1.84. The van der Waals surface area contributed by atoms with Gasteiger partial charge in [0.15, 0.2) is 0 Å². The van der Waals surface area contributed by atoms with Crippen LogP contribution in [0.1, 0.15) is 23.4 Å². The van der Waals surface area contributed by atoms with Gasteiger partial charge < -0.3 is 9.47 Å². The third-order valence-electron chi connectivity index (χ3n) is 2.51. The highest BCUT2D eigenvalue weighted by Crippen LogP contribution is 2.14. The topological polar surface area (TPSA) is 57.1 Å². The molecule has 0 N–H and O–H groups in total. The fourth-order valence-electron chi connectivity index (χ4n) is 1.65. The molecule has 2 aromatic heterocycles. The molecule has 0 fully saturated rings. The molecule has 0 aliphatic carbocycles. The van der Waals surface area contributed by atoms with Crippen LogP contribution in [0.5, 0.6) is 0 Å². The molecule has 0 aliphatic heterocycles. The second-order valence-electron chi connectivity index (χ2n) is 3.73. The van der Waals surface area contributed by atoms with E-state index >= 15 is 0 Å². The van der Waals surface area contributed by atoms with Crippen molar-refractivity contribution in [3.8, 4) is 0 Å². The maximum atomic E-state index is 5.17. The van der Waals surface area contributed by atoms with Gasteiger partial charge in [-0.1, -0.05) is 0 Å². The van der Waals surface area contributed by atoms with E-state index in [9.17, 15) is 0 Å². The standard InChI is InChI=1S/C13H15N3O2/c1-17-13(18-2)11-5-8-15-12(16-11)9-10-3-6-14-7-4-10/h3-8,13H,9H2,1-2H3. The van der Waals surface area contributed by atoms with Crippen molar-refractivity contribution in [1.82, 2.24) is 15.0 Å². The largest absolute Gasteiger partial charge is 0.350 e. The second-order valence-corrected chi connectivity index (χ2v) is 3.73. The van der Waals surface area contributed by atoms with Crippen molar-refractivity contribution in [1.29, 1.82) is 0 Å². The quantitative estimate of drug-likeness (QED) is 0.751. The third kappa shape index (κ3) is 3.09. The van der Waals surface area contributed by atoms with Crippen LogP contribution >= 0.6 is 0 Å². The van der Waals surface area contributed by atoms with Gasteiger partial charge in [0.05, 0.1) is 5.69 Å². The third-order valence-corrected chi connectivity index (χ3v) is 2.51. The van der Waals surface area contributed by atoms with Crippen molar-refractivity contribution < 1.29 is 9.47 Å². The van der Waals surface area contributed by atoms with Crippen LogP contribution < -0.4 is 0 Å². The van der Waals surface area contributed by atoms with E-state index in [0.717, 1.165) is 17.1 Å². The van der Waals surface area contributed by atoms with E-state index in [-0.39, 0.29) is 0 Å². The van der Waals surface area contributed by atoms with Gasteiger partial charge in [0, 0.05) is 39.2 Å². The van der Waals surface area contributed by atoms with Crippen LogP contribution in [0, 0.1) is 0 Å². The highest BCUT2D eigenvalue weighted by Gasteiger charge is 2.11. The molecule has 0 amide bonds. The van der Waals surface area contributed by atoms with Gasteiger partial charge >= 0.3 is 0 Å². The predicted octanol–water partition coefficient (Wildman–Crippen LogP) is 1.75. The second kappa shape index (κ2) is 6.18. The Morgan fingerprint density at radius 3 is 2.44 bits per heavy atom.